The average Bonchev–Trinajstić information content (AvgIpc) is 2.54. The van der Waals surface area contributed by atoms with Crippen LogP contribution in [0.15, 0.2) is 54.7 Å². The number of fused-ring (bicyclic) bond motifs is 1. The smallest absolute Gasteiger partial charge is 0.335 e. The Morgan fingerprint density at radius 1 is 1.00 bits per heavy atom. The number of carboxylic acid groups (broad SMARTS) is 1. The Bertz CT molecular complexity index is 838. The number of rotatable bonds is 3. The molecule has 0 fully saturated rings. The van der Waals surface area contributed by atoms with E-state index in [1.807, 2.05) is 12.1 Å². The first-order valence-corrected chi connectivity index (χ1v) is 6.36. The van der Waals surface area contributed by atoms with Gasteiger partial charge in [-0.2, -0.15) is 0 Å². The second kappa shape index (κ2) is 5.17. The molecular weight excluding hydrogens is 266 g/mol. The van der Waals surface area contributed by atoms with Gasteiger partial charge in [0, 0.05) is 22.7 Å². The van der Waals surface area contributed by atoms with E-state index in [0.29, 0.717) is 5.56 Å². The minimum atomic E-state index is -0.945. The number of carbonyl (C=O) groups excluding carboxylic acids is 1. The Labute approximate surface area is 120 Å². The summed E-state index contributed by atoms with van der Waals surface area (Å²) in [5.41, 5.74) is 3.40. The Balaban J connectivity index is 2.04. The highest BCUT2D eigenvalue weighted by Gasteiger charge is 2.05. The van der Waals surface area contributed by atoms with E-state index < -0.39 is 5.97 Å². The molecule has 0 aliphatic heterocycles. The average molecular weight is 277 g/mol. The van der Waals surface area contributed by atoms with E-state index in [-0.39, 0.29) is 5.56 Å². The Morgan fingerprint density at radius 2 is 1.76 bits per heavy atom. The summed E-state index contributed by atoms with van der Waals surface area (Å²) in [5.74, 6) is -0.945. The van der Waals surface area contributed by atoms with Crippen LogP contribution < -0.4 is 0 Å². The third-order valence-corrected chi connectivity index (χ3v) is 3.31. The molecule has 0 radical (unpaired) electrons. The topological polar surface area (TPSA) is 67.3 Å². The van der Waals surface area contributed by atoms with Crippen molar-refractivity contribution in [1.29, 1.82) is 0 Å². The molecule has 4 nitrogen and oxygen atoms in total. The molecule has 102 valence electrons. The molecule has 21 heavy (non-hydrogen) atoms. The van der Waals surface area contributed by atoms with Crippen molar-refractivity contribution >= 4 is 23.2 Å². The lowest BCUT2D eigenvalue weighted by atomic mass is 10.0. The van der Waals surface area contributed by atoms with Gasteiger partial charge in [-0.05, 0) is 29.8 Å². The summed E-state index contributed by atoms with van der Waals surface area (Å²) in [6, 6.07) is 13.9. The molecule has 0 amide bonds. The number of aromatic nitrogens is 1. The number of carbonyl (C=O) groups is 2. The molecule has 4 heteroatoms. The highest BCUT2D eigenvalue weighted by molar-refractivity contribution is 5.90. The summed E-state index contributed by atoms with van der Waals surface area (Å²) in [7, 11) is 0. The summed E-state index contributed by atoms with van der Waals surface area (Å²) >= 11 is 0. The number of pyridine rings is 1. The zero-order chi connectivity index (χ0) is 14.8. The first-order chi connectivity index (χ1) is 10.2. The molecule has 0 saturated carbocycles. The lowest BCUT2D eigenvalue weighted by Gasteiger charge is -2.04. The third kappa shape index (κ3) is 2.51. The van der Waals surface area contributed by atoms with Crippen molar-refractivity contribution in [2.75, 3.05) is 0 Å². The van der Waals surface area contributed by atoms with Crippen LogP contribution in [0, 0.1) is 0 Å². The first kappa shape index (κ1) is 13.0. The van der Waals surface area contributed by atoms with Crippen molar-refractivity contribution in [3.8, 4) is 11.1 Å². The normalized spacial score (nSPS) is 10.5. The van der Waals surface area contributed by atoms with Crippen LogP contribution in [0.3, 0.4) is 0 Å². The summed E-state index contributed by atoms with van der Waals surface area (Å²) in [6.07, 6.45) is 2.51. The highest BCUT2D eigenvalue weighted by Crippen LogP contribution is 2.23. The molecule has 2 aromatic carbocycles. The number of aldehydes is 1. The van der Waals surface area contributed by atoms with Crippen LogP contribution >= 0.6 is 0 Å². The Kier molecular flexibility index (Phi) is 3.20. The van der Waals surface area contributed by atoms with Gasteiger partial charge in [0.2, 0.25) is 0 Å². The maximum Gasteiger partial charge on any atom is 0.335 e. The van der Waals surface area contributed by atoms with Gasteiger partial charge in [0.1, 0.15) is 6.29 Å². The standard InChI is InChI=1S/C17H11NO3/c19-10-11-1-2-14-8-15(9-18-16(14)7-11)12-3-5-13(6-4-12)17(20)21/h1-10H,(H,20,21). The molecule has 1 N–H and O–H groups in total. The third-order valence-electron chi connectivity index (χ3n) is 3.31. The highest BCUT2D eigenvalue weighted by atomic mass is 16.4. The Hall–Kier alpha value is -3.01. The monoisotopic (exact) mass is 277 g/mol. The number of hydrogen-bond acceptors (Lipinski definition) is 3. The quantitative estimate of drug-likeness (QED) is 0.745. The van der Waals surface area contributed by atoms with Crippen LogP contribution in [0.25, 0.3) is 22.0 Å². The van der Waals surface area contributed by atoms with Crippen LogP contribution in [0.5, 0.6) is 0 Å². The summed E-state index contributed by atoms with van der Waals surface area (Å²) in [4.78, 5) is 25.9. The fraction of sp³-hybridized carbons (Fsp3) is 0. The molecule has 3 rings (SSSR count). The minimum absolute atomic E-state index is 0.253. The summed E-state index contributed by atoms with van der Waals surface area (Å²) in [6.45, 7) is 0. The van der Waals surface area contributed by atoms with E-state index in [9.17, 15) is 9.59 Å². The fourth-order valence-electron chi connectivity index (χ4n) is 2.17. The second-order valence-corrected chi connectivity index (χ2v) is 4.68. The van der Waals surface area contributed by atoms with Gasteiger partial charge in [-0.25, -0.2) is 4.79 Å². The molecule has 0 saturated heterocycles. The largest absolute Gasteiger partial charge is 0.478 e. The van der Waals surface area contributed by atoms with Gasteiger partial charge in [-0.1, -0.05) is 24.3 Å². The summed E-state index contributed by atoms with van der Waals surface area (Å²) < 4.78 is 0. The van der Waals surface area contributed by atoms with Crippen molar-refractivity contribution < 1.29 is 14.7 Å². The number of aromatic carboxylic acids is 1. The number of hydrogen-bond donors (Lipinski definition) is 1. The van der Waals surface area contributed by atoms with Gasteiger partial charge in [0.25, 0.3) is 0 Å². The SMILES string of the molecule is O=Cc1ccc2cc(-c3ccc(C(=O)O)cc3)cnc2c1. The van der Waals surface area contributed by atoms with Gasteiger partial charge < -0.3 is 5.11 Å². The predicted molar refractivity (Wildman–Crippen MR) is 79.5 cm³/mol. The lowest BCUT2D eigenvalue weighted by molar-refractivity contribution is 0.0696. The molecule has 0 spiro atoms. The molecule has 0 bridgehead atoms. The van der Waals surface area contributed by atoms with Gasteiger partial charge in [-0.3, -0.25) is 9.78 Å². The molecule has 0 unspecified atom stereocenters. The van der Waals surface area contributed by atoms with Crippen molar-refractivity contribution in [1.82, 2.24) is 4.98 Å². The van der Waals surface area contributed by atoms with Crippen LogP contribution in [0.4, 0.5) is 0 Å². The zero-order valence-corrected chi connectivity index (χ0v) is 11.0. The number of nitrogens with zero attached hydrogens (tertiary/aromatic N) is 1. The van der Waals surface area contributed by atoms with Crippen molar-refractivity contribution in [2.24, 2.45) is 0 Å². The zero-order valence-electron chi connectivity index (χ0n) is 11.0. The van der Waals surface area contributed by atoms with Crippen LogP contribution in [0.1, 0.15) is 20.7 Å². The van der Waals surface area contributed by atoms with Crippen LogP contribution in [-0.4, -0.2) is 22.3 Å². The minimum Gasteiger partial charge on any atom is -0.478 e. The molecule has 1 heterocycles. The van der Waals surface area contributed by atoms with Gasteiger partial charge in [0.15, 0.2) is 0 Å². The van der Waals surface area contributed by atoms with Crippen LogP contribution in [0.2, 0.25) is 0 Å². The number of carboxylic acids is 1. The molecule has 0 aliphatic rings. The maximum absolute atomic E-state index is 10.8. The molecule has 0 atom stereocenters. The van der Waals surface area contributed by atoms with Gasteiger partial charge in [-0.15, -0.1) is 0 Å². The van der Waals surface area contributed by atoms with E-state index >= 15 is 0 Å². The molecule has 1 aromatic heterocycles. The van der Waals surface area contributed by atoms with Gasteiger partial charge in [0.05, 0.1) is 11.1 Å². The van der Waals surface area contributed by atoms with Crippen molar-refractivity contribution in [3.05, 3.63) is 65.9 Å². The lowest BCUT2D eigenvalue weighted by Crippen LogP contribution is -1.95. The summed E-state index contributed by atoms with van der Waals surface area (Å²) in [5, 5.41) is 9.83. The Morgan fingerprint density at radius 3 is 2.43 bits per heavy atom. The van der Waals surface area contributed by atoms with Crippen LogP contribution in [-0.2, 0) is 0 Å². The van der Waals surface area contributed by atoms with E-state index in [1.165, 1.54) is 0 Å². The van der Waals surface area contributed by atoms with E-state index in [0.717, 1.165) is 28.3 Å². The van der Waals surface area contributed by atoms with E-state index in [4.69, 9.17) is 5.11 Å². The number of benzene rings is 2. The molecule has 3 aromatic rings. The van der Waals surface area contributed by atoms with Gasteiger partial charge >= 0.3 is 5.97 Å². The molecule has 0 aliphatic carbocycles. The predicted octanol–water partition coefficient (Wildman–Crippen LogP) is 3.41. The van der Waals surface area contributed by atoms with Crippen molar-refractivity contribution in [3.63, 3.8) is 0 Å². The fourth-order valence-corrected chi connectivity index (χ4v) is 2.17. The second-order valence-electron chi connectivity index (χ2n) is 4.68. The first-order valence-electron chi connectivity index (χ1n) is 6.36. The van der Waals surface area contributed by atoms with E-state index in [1.54, 1.807) is 42.6 Å². The molecular formula is C17H11NO3. The van der Waals surface area contributed by atoms with Crippen molar-refractivity contribution in [2.45, 2.75) is 0 Å². The van der Waals surface area contributed by atoms with E-state index in [2.05, 4.69) is 4.98 Å². The maximum atomic E-state index is 10.8.